The second kappa shape index (κ2) is 11.5. The molecule has 8 nitrogen and oxygen atoms in total. The van der Waals surface area contributed by atoms with Crippen LogP contribution in [0.2, 0.25) is 5.02 Å². The van der Waals surface area contributed by atoms with Gasteiger partial charge >= 0.3 is 0 Å². The predicted molar refractivity (Wildman–Crippen MR) is 141 cm³/mol. The lowest BCUT2D eigenvalue weighted by Gasteiger charge is -2.17. The molecule has 1 aliphatic carbocycles. The van der Waals surface area contributed by atoms with Gasteiger partial charge in [-0.15, -0.1) is 0 Å². The molecule has 9 heteroatoms. The highest BCUT2D eigenvalue weighted by molar-refractivity contribution is 6.37. The maximum absolute atomic E-state index is 13.3. The van der Waals surface area contributed by atoms with Gasteiger partial charge in [0.2, 0.25) is 0 Å². The summed E-state index contributed by atoms with van der Waals surface area (Å²) < 4.78 is 1.66. The van der Waals surface area contributed by atoms with Crippen molar-refractivity contribution in [3.05, 3.63) is 82.1 Å². The third-order valence-electron chi connectivity index (χ3n) is 6.52. The van der Waals surface area contributed by atoms with Gasteiger partial charge in [-0.25, -0.2) is 4.68 Å². The van der Waals surface area contributed by atoms with Crippen molar-refractivity contribution in [3.63, 3.8) is 0 Å². The summed E-state index contributed by atoms with van der Waals surface area (Å²) in [6, 6.07) is 13.3. The molecule has 0 radical (unpaired) electrons. The Hall–Kier alpha value is -3.78. The van der Waals surface area contributed by atoms with Crippen LogP contribution < -0.4 is 5.32 Å². The summed E-state index contributed by atoms with van der Waals surface area (Å²) in [7, 11) is 0. The molecule has 2 unspecified atom stereocenters. The van der Waals surface area contributed by atoms with Gasteiger partial charge in [0.1, 0.15) is 24.0 Å². The van der Waals surface area contributed by atoms with Crippen LogP contribution in [-0.4, -0.2) is 39.5 Å². The molecule has 2 atom stereocenters. The van der Waals surface area contributed by atoms with E-state index in [-0.39, 0.29) is 42.8 Å². The number of amides is 1. The lowest BCUT2D eigenvalue weighted by atomic mass is 9.87. The Bertz CT molecular complexity index is 1330. The van der Waals surface area contributed by atoms with Crippen LogP contribution >= 0.6 is 11.6 Å². The molecule has 1 fully saturated rings. The Kier molecular flexibility index (Phi) is 8.18. The van der Waals surface area contributed by atoms with Crippen molar-refractivity contribution >= 4 is 34.8 Å². The van der Waals surface area contributed by atoms with E-state index in [1.807, 2.05) is 56.3 Å². The maximum Gasteiger partial charge on any atom is 0.268 e. The number of nitrogens with one attached hydrogen (secondary N) is 1. The monoisotopic (exact) mass is 520 g/mol. The standard InChI is InChI=1S/C28H29ClN4O4/c1-17-11-23(33-15-22(29)14-31-33)12-18(2)25(17)26-24(34)13-21(27(26)35)9-10-30-28(36)19(3)32-37-16-20-7-5-4-6-8-20/h4-8,11-12,14-15,21,26H,9-10,13,16H2,1-3H3,(H,30,36)/b32-19+. The molecule has 0 saturated heterocycles. The van der Waals surface area contributed by atoms with E-state index in [1.54, 1.807) is 24.0 Å². The van der Waals surface area contributed by atoms with Crippen molar-refractivity contribution in [2.75, 3.05) is 6.54 Å². The highest BCUT2D eigenvalue weighted by Gasteiger charge is 2.42. The molecule has 1 heterocycles. The average Bonchev–Trinajstić information content (AvgIpc) is 3.42. The van der Waals surface area contributed by atoms with E-state index in [2.05, 4.69) is 15.6 Å². The second-order valence-electron chi connectivity index (χ2n) is 9.28. The number of carbonyl (C=O) groups is 3. The first-order valence-corrected chi connectivity index (χ1v) is 12.5. The quantitative estimate of drug-likeness (QED) is 0.254. The summed E-state index contributed by atoms with van der Waals surface area (Å²) in [5.41, 5.74) is 4.40. The number of Topliss-reactive ketones (excluding diaryl/α,β-unsaturated/α-hetero) is 2. The SMILES string of the molecule is C/C(=N\OCc1ccccc1)C(=O)NCCC1CC(=O)C(c2c(C)cc(-n3cc(Cl)cn3)cc2C)C1=O. The molecule has 1 aliphatic rings. The van der Waals surface area contributed by atoms with Crippen LogP contribution in [0.1, 0.15) is 47.9 Å². The molecule has 1 saturated carbocycles. The van der Waals surface area contributed by atoms with Gasteiger partial charge in [-0.2, -0.15) is 5.10 Å². The van der Waals surface area contributed by atoms with Crippen LogP contribution in [-0.2, 0) is 25.8 Å². The Balaban J connectivity index is 1.34. The Morgan fingerprint density at radius 1 is 1.19 bits per heavy atom. The molecule has 2 aromatic carbocycles. The van der Waals surface area contributed by atoms with E-state index < -0.39 is 11.8 Å². The van der Waals surface area contributed by atoms with Crippen molar-refractivity contribution in [3.8, 4) is 5.69 Å². The number of oxime groups is 1. The largest absolute Gasteiger partial charge is 0.391 e. The first-order valence-electron chi connectivity index (χ1n) is 12.1. The van der Waals surface area contributed by atoms with E-state index in [9.17, 15) is 14.4 Å². The molecule has 192 valence electrons. The highest BCUT2D eigenvalue weighted by Crippen LogP contribution is 2.37. The van der Waals surface area contributed by atoms with Crippen LogP contribution in [0.25, 0.3) is 5.69 Å². The van der Waals surface area contributed by atoms with Crippen molar-refractivity contribution in [1.29, 1.82) is 0 Å². The Morgan fingerprint density at radius 2 is 1.89 bits per heavy atom. The Morgan fingerprint density at radius 3 is 2.54 bits per heavy atom. The van der Waals surface area contributed by atoms with Crippen molar-refractivity contribution < 1.29 is 19.2 Å². The van der Waals surface area contributed by atoms with E-state index in [1.165, 1.54) is 0 Å². The lowest BCUT2D eigenvalue weighted by molar-refractivity contribution is -0.125. The number of ketones is 2. The van der Waals surface area contributed by atoms with E-state index >= 15 is 0 Å². The number of nitrogens with zero attached hydrogens (tertiary/aromatic N) is 3. The van der Waals surface area contributed by atoms with Crippen LogP contribution in [0, 0.1) is 19.8 Å². The van der Waals surface area contributed by atoms with Crippen molar-refractivity contribution in [1.82, 2.24) is 15.1 Å². The zero-order valence-corrected chi connectivity index (χ0v) is 21.8. The summed E-state index contributed by atoms with van der Waals surface area (Å²) in [5, 5.41) is 11.4. The molecule has 4 rings (SSSR count). The predicted octanol–water partition coefficient (Wildman–Crippen LogP) is 4.48. The highest BCUT2D eigenvalue weighted by atomic mass is 35.5. The number of carbonyl (C=O) groups excluding carboxylic acids is 3. The van der Waals surface area contributed by atoms with Crippen molar-refractivity contribution in [2.24, 2.45) is 11.1 Å². The van der Waals surface area contributed by atoms with Gasteiger partial charge in [0.15, 0.2) is 5.78 Å². The fraction of sp³-hybridized carbons (Fsp3) is 0.321. The molecule has 0 spiro atoms. The fourth-order valence-electron chi connectivity index (χ4n) is 4.69. The lowest BCUT2D eigenvalue weighted by Crippen LogP contribution is -2.32. The molecule has 1 N–H and O–H groups in total. The zero-order valence-electron chi connectivity index (χ0n) is 21.0. The van der Waals surface area contributed by atoms with Gasteiger partial charge in [-0.05, 0) is 61.6 Å². The van der Waals surface area contributed by atoms with Crippen LogP contribution in [0.3, 0.4) is 0 Å². The smallest absolute Gasteiger partial charge is 0.268 e. The minimum absolute atomic E-state index is 0.0885. The number of hydrogen-bond donors (Lipinski definition) is 1. The van der Waals surface area contributed by atoms with Crippen molar-refractivity contribution in [2.45, 2.75) is 46.1 Å². The van der Waals surface area contributed by atoms with Gasteiger partial charge in [-0.1, -0.05) is 47.1 Å². The van der Waals surface area contributed by atoms with E-state index in [4.69, 9.17) is 16.4 Å². The number of hydrogen-bond acceptors (Lipinski definition) is 6. The molecule has 1 amide bonds. The summed E-state index contributed by atoms with van der Waals surface area (Å²) in [5.74, 6) is -1.79. The third-order valence-corrected chi connectivity index (χ3v) is 6.72. The normalized spacial score (nSPS) is 17.8. The molecule has 0 bridgehead atoms. The Labute approximate surface area is 220 Å². The van der Waals surface area contributed by atoms with Gasteiger partial charge in [0, 0.05) is 25.1 Å². The van der Waals surface area contributed by atoms with E-state index in [0.29, 0.717) is 11.4 Å². The van der Waals surface area contributed by atoms with Gasteiger partial charge in [0.05, 0.1) is 16.9 Å². The van der Waals surface area contributed by atoms with Crippen LogP contribution in [0.15, 0.2) is 60.0 Å². The van der Waals surface area contributed by atoms with Gasteiger partial charge in [0.25, 0.3) is 5.91 Å². The molecule has 0 aliphatic heterocycles. The summed E-state index contributed by atoms with van der Waals surface area (Å²) >= 11 is 5.99. The number of rotatable bonds is 9. The van der Waals surface area contributed by atoms with Gasteiger partial charge < -0.3 is 10.2 Å². The molecular weight excluding hydrogens is 492 g/mol. The third kappa shape index (κ3) is 6.14. The molecule has 37 heavy (non-hydrogen) atoms. The summed E-state index contributed by atoms with van der Waals surface area (Å²) in [6.45, 7) is 5.88. The van der Waals surface area contributed by atoms with Crippen LogP contribution in [0.5, 0.6) is 0 Å². The topological polar surface area (TPSA) is 103 Å². The first-order chi connectivity index (χ1) is 17.7. The molecule has 1 aromatic heterocycles. The molecular formula is C28H29ClN4O4. The minimum Gasteiger partial charge on any atom is -0.391 e. The zero-order chi connectivity index (χ0) is 26.5. The first kappa shape index (κ1) is 26.3. The summed E-state index contributed by atoms with van der Waals surface area (Å²) in [4.78, 5) is 43.8. The maximum atomic E-state index is 13.3. The second-order valence-corrected chi connectivity index (χ2v) is 9.72. The number of aromatic nitrogens is 2. The number of aryl methyl sites for hydroxylation is 2. The van der Waals surface area contributed by atoms with Gasteiger partial charge in [-0.3, -0.25) is 14.4 Å². The van der Waals surface area contributed by atoms with E-state index in [0.717, 1.165) is 27.9 Å². The average molecular weight is 521 g/mol. The number of benzene rings is 2. The molecule has 3 aromatic rings. The summed E-state index contributed by atoms with van der Waals surface area (Å²) in [6.07, 6.45) is 3.81. The van der Waals surface area contributed by atoms with Crippen LogP contribution in [0.4, 0.5) is 0 Å². The number of halogens is 1. The minimum atomic E-state index is -0.786. The fourth-order valence-corrected chi connectivity index (χ4v) is 4.83.